The first kappa shape index (κ1) is 21.9. The Kier molecular flexibility index (Phi) is 7.30. The largest absolute Gasteiger partial charge is 0.492 e. The van der Waals surface area contributed by atoms with Gasteiger partial charge < -0.3 is 15.4 Å². The van der Waals surface area contributed by atoms with Crippen molar-refractivity contribution >= 4 is 17.5 Å². The predicted molar refractivity (Wildman–Crippen MR) is 109 cm³/mol. The van der Waals surface area contributed by atoms with Gasteiger partial charge in [-0.2, -0.15) is 0 Å². The van der Waals surface area contributed by atoms with E-state index >= 15 is 0 Å². The molecule has 2 N–H and O–H groups in total. The lowest BCUT2D eigenvalue weighted by atomic mass is 9.87. The van der Waals surface area contributed by atoms with Crippen LogP contribution in [0.15, 0.2) is 48.5 Å². The molecule has 2 rings (SSSR count). The number of nitrogens with zero attached hydrogens (tertiary/aromatic N) is 1. The smallest absolute Gasteiger partial charge is 0.270 e. The second-order valence-electron chi connectivity index (χ2n) is 7.46. The number of benzene rings is 2. The molecule has 0 atom stereocenters. The molecule has 2 aromatic carbocycles. The van der Waals surface area contributed by atoms with Crippen molar-refractivity contribution in [1.29, 1.82) is 0 Å². The van der Waals surface area contributed by atoms with Crippen molar-refractivity contribution in [3.05, 3.63) is 69.8 Å². The molecule has 0 heterocycles. The van der Waals surface area contributed by atoms with Gasteiger partial charge in [-0.1, -0.05) is 39.0 Å². The molecule has 0 radical (unpaired) electrons. The summed E-state index contributed by atoms with van der Waals surface area (Å²) in [7, 11) is 0. The van der Waals surface area contributed by atoms with E-state index in [1.165, 1.54) is 23.8 Å². The molecule has 0 aliphatic heterocycles. The third kappa shape index (κ3) is 6.91. The molecule has 0 bridgehead atoms. The molecule has 8 heteroatoms. The van der Waals surface area contributed by atoms with E-state index in [0.717, 1.165) is 6.07 Å². The zero-order valence-electron chi connectivity index (χ0n) is 16.7. The summed E-state index contributed by atoms with van der Waals surface area (Å²) in [6.07, 6.45) is 0. The van der Waals surface area contributed by atoms with E-state index in [9.17, 15) is 19.7 Å². The van der Waals surface area contributed by atoms with Crippen LogP contribution in [0.2, 0.25) is 0 Å². The van der Waals surface area contributed by atoms with Crippen molar-refractivity contribution in [3.8, 4) is 5.75 Å². The quantitative estimate of drug-likeness (QED) is 0.403. The number of non-ortho nitro benzene ring substituents is 1. The van der Waals surface area contributed by atoms with Crippen molar-refractivity contribution in [1.82, 2.24) is 10.6 Å². The predicted octanol–water partition coefficient (Wildman–Crippen LogP) is 2.82. The zero-order chi connectivity index (χ0) is 21.4. The molecule has 0 aliphatic rings. The van der Waals surface area contributed by atoms with E-state index in [4.69, 9.17) is 4.74 Å². The standard InChI is InChI=1S/C21H25N3O5/c1-21(2,3)16-7-9-18(10-8-16)29-12-11-22-19(25)14-23-20(26)15-5-4-6-17(13-15)24(27)28/h4-10,13H,11-12,14H2,1-3H3,(H,22,25)(H,23,26). The summed E-state index contributed by atoms with van der Waals surface area (Å²) in [5, 5.41) is 15.8. The Balaban J connectivity index is 1.70. The van der Waals surface area contributed by atoms with Gasteiger partial charge >= 0.3 is 0 Å². The molecule has 154 valence electrons. The summed E-state index contributed by atoms with van der Waals surface area (Å²) in [6.45, 7) is 6.75. The first-order valence-corrected chi connectivity index (χ1v) is 9.19. The number of nitrogens with one attached hydrogen (secondary N) is 2. The number of carbonyl (C=O) groups is 2. The van der Waals surface area contributed by atoms with Crippen molar-refractivity contribution in [2.24, 2.45) is 0 Å². The van der Waals surface area contributed by atoms with Crippen LogP contribution in [0.25, 0.3) is 0 Å². The highest BCUT2D eigenvalue weighted by molar-refractivity contribution is 5.96. The molecule has 0 saturated heterocycles. The molecule has 8 nitrogen and oxygen atoms in total. The van der Waals surface area contributed by atoms with E-state index in [2.05, 4.69) is 31.4 Å². The lowest BCUT2D eigenvalue weighted by Gasteiger charge is -2.19. The lowest BCUT2D eigenvalue weighted by molar-refractivity contribution is -0.384. The van der Waals surface area contributed by atoms with Crippen LogP contribution in [0.1, 0.15) is 36.7 Å². The Morgan fingerprint density at radius 2 is 1.76 bits per heavy atom. The van der Waals surface area contributed by atoms with E-state index in [1.807, 2.05) is 24.3 Å². The van der Waals surface area contributed by atoms with Gasteiger partial charge in [0.25, 0.3) is 11.6 Å². The molecule has 0 spiro atoms. The van der Waals surface area contributed by atoms with Crippen molar-refractivity contribution in [2.45, 2.75) is 26.2 Å². The summed E-state index contributed by atoms with van der Waals surface area (Å²) in [4.78, 5) is 34.0. The van der Waals surface area contributed by atoms with Crippen LogP contribution in [0.5, 0.6) is 5.75 Å². The number of hydrogen-bond donors (Lipinski definition) is 2. The molecule has 0 aliphatic carbocycles. The Morgan fingerprint density at radius 1 is 1.07 bits per heavy atom. The van der Waals surface area contributed by atoms with Crippen molar-refractivity contribution in [2.75, 3.05) is 19.7 Å². The molecule has 0 fully saturated rings. The topological polar surface area (TPSA) is 111 Å². The van der Waals surface area contributed by atoms with Crippen LogP contribution in [-0.2, 0) is 10.2 Å². The summed E-state index contributed by atoms with van der Waals surface area (Å²) < 4.78 is 5.59. The fourth-order valence-electron chi connectivity index (χ4n) is 2.50. The monoisotopic (exact) mass is 399 g/mol. The van der Waals surface area contributed by atoms with Gasteiger partial charge in [-0.3, -0.25) is 19.7 Å². The highest BCUT2D eigenvalue weighted by Crippen LogP contribution is 2.24. The lowest BCUT2D eigenvalue weighted by Crippen LogP contribution is -2.38. The van der Waals surface area contributed by atoms with E-state index in [0.29, 0.717) is 12.4 Å². The SMILES string of the molecule is CC(C)(C)c1ccc(OCCNC(=O)CNC(=O)c2cccc([N+](=O)[O-])c2)cc1. The van der Waals surface area contributed by atoms with Crippen LogP contribution in [0, 0.1) is 10.1 Å². The van der Waals surface area contributed by atoms with Gasteiger partial charge in [0.1, 0.15) is 12.4 Å². The average Bonchev–Trinajstić information content (AvgIpc) is 2.69. The van der Waals surface area contributed by atoms with Crippen molar-refractivity contribution in [3.63, 3.8) is 0 Å². The maximum absolute atomic E-state index is 12.0. The molecule has 0 aromatic heterocycles. The summed E-state index contributed by atoms with van der Waals surface area (Å²) in [6, 6.07) is 13.1. The fourth-order valence-corrected chi connectivity index (χ4v) is 2.50. The second kappa shape index (κ2) is 9.68. The van der Waals surface area contributed by atoms with Gasteiger partial charge in [-0.25, -0.2) is 0 Å². The molecule has 0 saturated carbocycles. The highest BCUT2D eigenvalue weighted by Gasteiger charge is 2.13. The number of hydrogen-bond acceptors (Lipinski definition) is 5. The molecule has 2 amide bonds. The van der Waals surface area contributed by atoms with E-state index in [1.54, 1.807) is 0 Å². The van der Waals surface area contributed by atoms with Gasteiger partial charge in [-0.05, 0) is 29.2 Å². The number of amides is 2. The second-order valence-corrected chi connectivity index (χ2v) is 7.46. The first-order chi connectivity index (χ1) is 13.7. The average molecular weight is 399 g/mol. The fraction of sp³-hybridized carbons (Fsp3) is 0.333. The summed E-state index contributed by atoms with van der Waals surface area (Å²) >= 11 is 0. The Morgan fingerprint density at radius 3 is 2.38 bits per heavy atom. The third-order valence-electron chi connectivity index (χ3n) is 4.14. The van der Waals surface area contributed by atoms with Gasteiger partial charge in [0.05, 0.1) is 18.0 Å². The van der Waals surface area contributed by atoms with Crippen LogP contribution >= 0.6 is 0 Å². The number of rotatable bonds is 8. The normalized spacial score (nSPS) is 10.9. The zero-order valence-corrected chi connectivity index (χ0v) is 16.7. The number of nitro benzene ring substituents is 1. The number of nitro groups is 1. The van der Waals surface area contributed by atoms with E-state index < -0.39 is 10.8 Å². The van der Waals surface area contributed by atoms with Gasteiger partial charge in [-0.15, -0.1) is 0 Å². The minimum atomic E-state index is -0.583. The Labute approximate surface area is 169 Å². The van der Waals surface area contributed by atoms with Gasteiger partial charge in [0.2, 0.25) is 5.91 Å². The van der Waals surface area contributed by atoms with Gasteiger partial charge in [0.15, 0.2) is 0 Å². The molecular formula is C21H25N3O5. The first-order valence-electron chi connectivity index (χ1n) is 9.19. The minimum Gasteiger partial charge on any atom is -0.492 e. The molecule has 29 heavy (non-hydrogen) atoms. The van der Waals surface area contributed by atoms with Gasteiger partial charge in [0, 0.05) is 17.7 Å². The molecule has 0 unspecified atom stereocenters. The summed E-state index contributed by atoms with van der Waals surface area (Å²) in [5.74, 6) is -0.222. The Hall–Kier alpha value is -3.42. The summed E-state index contributed by atoms with van der Waals surface area (Å²) in [5.41, 5.74) is 1.21. The van der Waals surface area contributed by atoms with Crippen LogP contribution in [-0.4, -0.2) is 36.4 Å². The molecular weight excluding hydrogens is 374 g/mol. The Bertz CT molecular complexity index is 873. The maximum atomic E-state index is 12.0. The third-order valence-corrected chi connectivity index (χ3v) is 4.14. The van der Waals surface area contributed by atoms with Crippen LogP contribution in [0.3, 0.4) is 0 Å². The van der Waals surface area contributed by atoms with Crippen molar-refractivity contribution < 1.29 is 19.2 Å². The molecule has 2 aromatic rings. The number of ether oxygens (including phenoxy) is 1. The van der Waals surface area contributed by atoms with Crippen LogP contribution in [0.4, 0.5) is 5.69 Å². The minimum absolute atomic E-state index is 0.0710. The van der Waals surface area contributed by atoms with E-state index in [-0.39, 0.29) is 35.7 Å². The highest BCUT2D eigenvalue weighted by atomic mass is 16.6. The van der Waals surface area contributed by atoms with Crippen LogP contribution < -0.4 is 15.4 Å². The number of carbonyl (C=O) groups excluding carboxylic acids is 2. The maximum Gasteiger partial charge on any atom is 0.270 e.